The van der Waals surface area contributed by atoms with Gasteiger partial charge in [-0.3, -0.25) is 14.4 Å². The molecule has 1 aliphatic rings. The molecule has 3 heterocycles. The van der Waals surface area contributed by atoms with Gasteiger partial charge >= 0.3 is 0 Å². The van der Waals surface area contributed by atoms with Crippen molar-refractivity contribution in [3.63, 3.8) is 0 Å². The van der Waals surface area contributed by atoms with Crippen LogP contribution in [0, 0.1) is 5.92 Å². The van der Waals surface area contributed by atoms with Crippen molar-refractivity contribution >= 4 is 23.2 Å². The summed E-state index contributed by atoms with van der Waals surface area (Å²) in [7, 11) is 0. The number of anilines is 1. The van der Waals surface area contributed by atoms with E-state index in [1.807, 2.05) is 17.8 Å². The second-order valence-corrected chi connectivity index (χ2v) is 6.47. The van der Waals surface area contributed by atoms with Crippen LogP contribution in [0.2, 0.25) is 5.15 Å². The van der Waals surface area contributed by atoms with E-state index in [1.165, 1.54) is 0 Å². The van der Waals surface area contributed by atoms with Gasteiger partial charge in [0.05, 0.1) is 17.9 Å². The molecule has 1 amide bonds. The predicted molar refractivity (Wildman–Crippen MR) is 91.7 cm³/mol. The number of rotatable bonds is 5. The van der Waals surface area contributed by atoms with Crippen molar-refractivity contribution in [1.82, 2.24) is 24.9 Å². The van der Waals surface area contributed by atoms with Crippen molar-refractivity contribution in [2.45, 2.75) is 32.4 Å². The summed E-state index contributed by atoms with van der Waals surface area (Å²) in [5.41, 5.74) is 0.553. The van der Waals surface area contributed by atoms with Crippen molar-refractivity contribution in [3.8, 4) is 0 Å². The Morgan fingerprint density at radius 2 is 2.21 bits per heavy atom. The van der Waals surface area contributed by atoms with E-state index in [-0.39, 0.29) is 11.9 Å². The Morgan fingerprint density at radius 3 is 2.88 bits per heavy atom. The number of nitrogens with one attached hydrogen (secondary N) is 1. The monoisotopic (exact) mass is 348 g/mol. The molecule has 1 aliphatic heterocycles. The number of aromatic nitrogens is 4. The van der Waals surface area contributed by atoms with Gasteiger partial charge in [-0.1, -0.05) is 16.8 Å². The summed E-state index contributed by atoms with van der Waals surface area (Å²) in [5, 5.41) is 11.0. The minimum Gasteiger partial charge on any atom is -0.322 e. The highest BCUT2D eigenvalue weighted by atomic mass is 35.5. The molecular weight excluding hydrogens is 328 g/mol. The van der Waals surface area contributed by atoms with E-state index in [0.29, 0.717) is 16.8 Å². The summed E-state index contributed by atoms with van der Waals surface area (Å²) < 4.78 is 1.88. The first-order chi connectivity index (χ1) is 11.6. The van der Waals surface area contributed by atoms with E-state index >= 15 is 0 Å². The first kappa shape index (κ1) is 16.9. The van der Waals surface area contributed by atoms with Crippen LogP contribution < -0.4 is 5.32 Å². The zero-order valence-electron chi connectivity index (χ0n) is 13.6. The molecule has 2 aromatic rings. The van der Waals surface area contributed by atoms with Crippen LogP contribution >= 0.6 is 11.6 Å². The molecule has 1 fully saturated rings. The van der Waals surface area contributed by atoms with Gasteiger partial charge in [0, 0.05) is 18.9 Å². The Balaban J connectivity index is 1.50. The molecule has 0 radical (unpaired) electrons. The van der Waals surface area contributed by atoms with E-state index < -0.39 is 0 Å². The second-order valence-electron chi connectivity index (χ2n) is 6.11. The minimum absolute atomic E-state index is 0.0559. The number of pyridine rings is 1. The normalized spacial score (nSPS) is 17.6. The van der Waals surface area contributed by atoms with Crippen molar-refractivity contribution in [2.75, 3.05) is 18.4 Å². The number of hydrogen-bond donors (Lipinski definition) is 1. The fraction of sp³-hybridized carbons (Fsp3) is 0.500. The molecule has 0 aromatic carbocycles. The Labute approximate surface area is 146 Å². The SMILES string of the molecule is CC(C(=O)Nc1cccnc1Cl)N1CCC(Cn2ccnn2)CC1. The fourth-order valence-corrected chi connectivity index (χ4v) is 3.17. The highest BCUT2D eigenvalue weighted by molar-refractivity contribution is 6.32. The number of carbonyl (C=O) groups excluding carboxylic acids is 1. The number of piperidine rings is 1. The molecule has 0 spiro atoms. The third kappa shape index (κ3) is 4.10. The van der Waals surface area contributed by atoms with Crippen molar-refractivity contribution in [1.29, 1.82) is 0 Å². The van der Waals surface area contributed by atoms with Crippen LogP contribution in [0.1, 0.15) is 19.8 Å². The van der Waals surface area contributed by atoms with Crippen LogP contribution in [0.25, 0.3) is 0 Å². The van der Waals surface area contributed by atoms with Crippen LogP contribution in [0.3, 0.4) is 0 Å². The third-order valence-electron chi connectivity index (χ3n) is 4.51. The smallest absolute Gasteiger partial charge is 0.241 e. The van der Waals surface area contributed by atoms with Crippen LogP contribution in [-0.2, 0) is 11.3 Å². The lowest BCUT2D eigenvalue weighted by molar-refractivity contribution is -0.121. The predicted octanol–water partition coefficient (Wildman–Crippen LogP) is 2.07. The van der Waals surface area contributed by atoms with Gasteiger partial charge < -0.3 is 5.32 Å². The molecule has 1 saturated heterocycles. The lowest BCUT2D eigenvalue weighted by atomic mass is 9.96. The summed E-state index contributed by atoms with van der Waals surface area (Å²) in [6.07, 6.45) is 7.28. The van der Waals surface area contributed by atoms with Crippen LogP contribution in [0.5, 0.6) is 0 Å². The molecule has 24 heavy (non-hydrogen) atoms. The lowest BCUT2D eigenvalue weighted by Gasteiger charge is -2.35. The van der Waals surface area contributed by atoms with E-state index in [1.54, 1.807) is 24.5 Å². The molecule has 0 saturated carbocycles. The fourth-order valence-electron chi connectivity index (χ4n) is 3.00. The molecular formula is C16H21ClN6O. The van der Waals surface area contributed by atoms with Gasteiger partial charge in [-0.05, 0) is 50.9 Å². The Hall–Kier alpha value is -1.99. The highest BCUT2D eigenvalue weighted by Gasteiger charge is 2.27. The van der Waals surface area contributed by atoms with Crippen LogP contribution in [0.15, 0.2) is 30.7 Å². The van der Waals surface area contributed by atoms with Gasteiger partial charge in [0.25, 0.3) is 0 Å². The first-order valence-corrected chi connectivity index (χ1v) is 8.51. The topological polar surface area (TPSA) is 75.9 Å². The van der Waals surface area contributed by atoms with E-state index in [0.717, 1.165) is 32.5 Å². The molecule has 128 valence electrons. The maximum atomic E-state index is 12.4. The molecule has 7 nitrogen and oxygen atoms in total. The Kier molecular flexibility index (Phi) is 5.42. The van der Waals surface area contributed by atoms with Crippen molar-refractivity contribution in [2.24, 2.45) is 5.92 Å². The van der Waals surface area contributed by atoms with Gasteiger partial charge in [0.15, 0.2) is 5.15 Å². The van der Waals surface area contributed by atoms with Crippen LogP contribution in [0.4, 0.5) is 5.69 Å². The van der Waals surface area contributed by atoms with Crippen molar-refractivity contribution < 1.29 is 4.79 Å². The Morgan fingerprint density at radius 1 is 1.42 bits per heavy atom. The molecule has 1 N–H and O–H groups in total. The second kappa shape index (κ2) is 7.72. The highest BCUT2D eigenvalue weighted by Crippen LogP contribution is 2.22. The molecule has 1 unspecified atom stereocenters. The van der Waals surface area contributed by atoms with E-state index in [2.05, 4.69) is 25.5 Å². The number of likely N-dealkylation sites (tertiary alicyclic amines) is 1. The van der Waals surface area contributed by atoms with Gasteiger partial charge in [-0.2, -0.15) is 0 Å². The van der Waals surface area contributed by atoms with E-state index in [4.69, 9.17) is 11.6 Å². The third-order valence-corrected chi connectivity index (χ3v) is 4.81. The van der Waals surface area contributed by atoms with Gasteiger partial charge in [-0.25, -0.2) is 4.98 Å². The summed E-state index contributed by atoms with van der Waals surface area (Å²) in [5.74, 6) is 0.519. The molecule has 1 atom stereocenters. The summed E-state index contributed by atoms with van der Waals surface area (Å²) in [6, 6.07) is 3.31. The summed E-state index contributed by atoms with van der Waals surface area (Å²) >= 11 is 5.99. The van der Waals surface area contributed by atoms with Gasteiger partial charge in [0.1, 0.15) is 0 Å². The maximum Gasteiger partial charge on any atom is 0.241 e. The average Bonchev–Trinajstić information content (AvgIpc) is 3.10. The maximum absolute atomic E-state index is 12.4. The molecule has 8 heteroatoms. The molecule has 2 aromatic heterocycles. The number of amides is 1. The number of carbonyl (C=O) groups is 1. The summed E-state index contributed by atoms with van der Waals surface area (Å²) in [6.45, 7) is 4.61. The van der Waals surface area contributed by atoms with E-state index in [9.17, 15) is 4.79 Å². The molecule has 3 rings (SSSR count). The summed E-state index contributed by atoms with van der Waals surface area (Å²) in [4.78, 5) is 18.6. The quantitative estimate of drug-likeness (QED) is 0.837. The number of nitrogens with zero attached hydrogens (tertiary/aromatic N) is 5. The standard InChI is InChI=1S/C16H21ClN6O/c1-12(16(24)20-14-3-2-6-18-15(14)17)22-8-4-13(5-9-22)11-23-10-7-19-21-23/h2-3,6-7,10,12-13H,4-5,8-9,11H2,1H3,(H,20,24). The zero-order chi connectivity index (χ0) is 16.9. The van der Waals surface area contributed by atoms with Gasteiger partial charge in [-0.15, -0.1) is 5.10 Å². The number of halogens is 1. The zero-order valence-corrected chi connectivity index (χ0v) is 14.4. The molecule has 0 aliphatic carbocycles. The Bertz CT molecular complexity index is 669. The first-order valence-electron chi connectivity index (χ1n) is 8.13. The number of hydrogen-bond acceptors (Lipinski definition) is 5. The van der Waals surface area contributed by atoms with Gasteiger partial charge in [0.2, 0.25) is 5.91 Å². The largest absolute Gasteiger partial charge is 0.322 e. The average molecular weight is 349 g/mol. The van der Waals surface area contributed by atoms with Crippen molar-refractivity contribution in [3.05, 3.63) is 35.9 Å². The lowest BCUT2D eigenvalue weighted by Crippen LogP contribution is -2.46. The minimum atomic E-state index is -0.200. The molecule has 0 bridgehead atoms. The van der Waals surface area contributed by atoms with Crippen LogP contribution in [-0.4, -0.2) is 49.9 Å².